The minimum absolute atomic E-state index is 0.126. The van der Waals surface area contributed by atoms with E-state index in [0.717, 1.165) is 25.2 Å². The second-order valence-corrected chi connectivity index (χ2v) is 11.2. The van der Waals surface area contributed by atoms with Gasteiger partial charge in [-0.25, -0.2) is 0 Å². The summed E-state index contributed by atoms with van der Waals surface area (Å²) in [6.45, 7) is 5.18. The lowest BCUT2D eigenvalue weighted by atomic mass is 9.96. The first-order valence-electron chi connectivity index (χ1n) is 13.9. The van der Waals surface area contributed by atoms with Gasteiger partial charge in [-0.2, -0.15) is 0 Å². The Hall–Kier alpha value is -1.10. The highest BCUT2D eigenvalue weighted by atomic mass is 16.5. The predicted octanol–water partition coefficient (Wildman–Crippen LogP) is 7.37. The highest BCUT2D eigenvalue weighted by Gasteiger charge is 2.24. The van der Waals surface area contributed by atoms with Gasteiger partial charge >= 0.3 is 11.9 Å². The molecule has 0 aliphatic rings. The summed E-state index contributed by atoms with van der Waals surface area (Å²) < 4.78 is 6.02. The summed E-state index contributed by atoms with van der Waals surface area (Å²) in [7, 11) is 5.92. The molecule has 0 spiro atoms. The molecule has 0 amide bonds. The number of aliphatic carboxylic acids is 1. The normalized spacial score (nSPS) is 13.6. The first-order chi connectivity index (χ1) is 15.6. The number of hydrogen-bond donors (Lipinski definition) is 1. The van der Waals surface area contributed by atoms with Crippen molar-refractivity contribution in [2.24, 2.45) is 5.92 Å². The van der Waals surface area contributed by atoms with E-state index in [0.29, 0.717) is 17.4 Å². The van der Waals surface area contributed by atoms with Crippen LogP contribution in [-0.4, -0.2) is 55.3 Å². The molecular weight excluding hydrogens is 414 g/mol. The number of carboxylic acids is 1. The summed E-state index contributed by atoms with van der Waals surface area (Å²) in [6, 6.07) is 0. The molecule has 0 aliphatic carbocycles. The number of esters is 1. The lowest BCUT2D eigenvalue weighted by Gasteiger charge is -2.28. The fourth-order valence-electron chi connectivity index (χ4n) is 4.43. The number of ether oxygens (including phenoxy) is 1. The number of unbranched alkanes of at least 4 members (excludes halogenated alkanes) is 12. The van der Waals surface area contributed by atoms with Crippen LogP contribution in [-0.2, 0) is 14.3 Å². The number of carbonyl (C=O) groups is 2. The smallest absolute Gasteiger partial charge is 0.307 e. The van der Waals surface area contributed by atoms with Crippen LogP contribution in [0, 0.1) is 5.92 Å². The van der Waals surface area contributed by atoms with Crippen molar-refractivity contribution in [3.63, 3.8) is 0 Å². The van der Waals surface area contributed by atoms with Crippen molar-refractivity contribution in [2.45, 2.75) is 136 Å². The summed E-state index contributed by atoms with van der Waals surface area (Å²) >= 11 is 0. The molecule has 0 aromatic rings. The fraction of sp³-hybridized carbons (Fsp3) is 0.929. The third-order valence-corrected chi connectivity index (χ3v) is 6.33. The number of carbonyl (C=O) groups excluding carboxylic acids is 1. The van der Waals surface area contributed by atoms with Gasteiger partial charge in [0.25, 0.3) is 0 Å². The van der Waals surface area contributed by atoms with E-state index >= 15 is 0 Å². The Labute approximate surface area is 205 Å². The van der Waals surface area contributed by atoms with Crippen LogP contribution in [0.4, 0.5) is 0 Å². The Morgan fingerprint density at radius 1 is 0.758 bits per heavy atom. The molecule has 5 nitrogen and oxygen atoms in total. The van der Waals surface area contributed by atoms with Crippen LogP contribution >= 0.6 is 0 Å². The van der Waals surface area contributed by atoms with E-state index in [-0.39, 0.29) is 12.4 Å². The van der Waals surface area contributed by atoms with Crippen molar-refractivity contribution >= 4 is 11.9 Å². The second kappa shape index (κ2) is 20.3. The molecule has 33 heavy (non-hydrogen) atoms. The molecule has 0 rings (SSSR count). The van der Waals surface area contributed by atoms with Crippen LogP contribution in [0.5, 0.6) is 0 Å². The minimum atomic E-state index is -0.923. The van der Waals surface area contributed by atoms with Crippen LogP contribution in [0.2, 0.25) is 0 Å². The third kappa shape index (κ3) is 23.8. The van der Waals surface area contributed by atoms with Gasteiger partial charge in [0.2, 0.25) is 0 Å². The summed E-state index contributed by atoms with van der Waals surface area (Å²) in [5.41, 5.74) is 0. The zero-order valence-corrected chi connectivity index (χ0v) is 22.7. The van der Waals surface area contributed by atoms with E-state index in [2.05, 4.69) is 13.8 Å². The molecule has 5 heteroatoms. The van der Waals surface area contributed by atoms with Crippen molar-refractivity contribution in [3.8, 4) is 0 Å². The monoisotopic (exact) mass is 470 g/mol. The first kappa shape index (κ1) is 31.9. The number of hydrogen-bond acceptors (Lipinski definition) is 3. The van der Waals surface area contributed by atoms with Gasteiger partial charge in [-0.05, 0) is 12.3 Å². The molecule has 0 aromatic heterocycles. The van der Waals surface area contributed by atoms with Crippen LogP contribution in [0.1, 0.15) is 129 Å². The number of rotatable bonds is 23. The molecule has 0 bridgehead atoms. The lowest BCUT2D eigenvalue weighted by Crippen LogP contribution is -2.43. The van der Waals surface area contributed by atoms with Crippen molar-refractivity contribution in [1.82, 2.24) is 0 Å². The standard InChI is InChI=1S/C28H55NO4/c1-6-7-8-9-10-11-12-14-17-20-25(2)21-18-15-13-16-19-22-28(32)33-26(23-27(30)31)24-29(3,4)5/h25-26H,6-24H2,1-5H3/p+1. The molecule has 0 radical (unpaired) electrons. The Morgan fingerprint density at radius 2 is 1.21 bits per heavy atom. The molecular formula is C28H56NO4+. The van der Waals surface area contributed by atoms with Crippen molar-refractivity contribution in [3.05, 3.63) is 0 Å². The number of nitrogens with zero attached hydrogens (tertiary/aromatic N) is 1. The highest BCUT2D eigenvalue weighted by Crippen LogP contribution is 2.19. The number of likely N-dealkylation sites (N-methyl/N-ethyl adjacent to an activating group) is 1. The van der Waals surface area contributed by atoms with Crippen molar-refractivity contribution < 1.29 is 23.9 Å². The zero-order chi connectivity index (χ0) is 25.0. The Morgan fingerprint density at radius 3 is 1.67 bits per heavy atom. The van der Waals surface area contributed by atoms with Crippen LogP contribution in [0.3, 0.4) is 0 Å². The van der Waals surface area contributed by atoms with E-state index in [1.165, 1.54) is 83.5 Å². The van der Waals surface area contributed by atoms with Gasteiger partial charge < -0.3 is 14.3 Å². The second-order valence-electron chi connectivity index (χ2n) is 11.2. The van der Waals surface area contributed by atoms with E-state index in [1.807, 2.05) is 21.1 Å². The SMILES string of the molecule is CCCCCCCCCCCC(C)CCCCCCCC(=O)OC(CC(=O)O)C[N+](C)(C)C. The summed E-state index contributed by atoms with van der Waals surface area (Å²) in [4.78, 5) is 23.1. The number of carboxylic acid groups (broad SMARTS) is 1. The van der Waals surface area contributed by atoms with E-state index in [4.69, 9.17) is 9.84 Å². The third-order valence-electron chi connectivity index (χ3n) is 6.33. The Balaban J connectivity index is 3.64. The molecule has 2 unspecified atom stereocenters. The first-order valence-corrected chi connectivity index (χ1v) is 13.9. The van der Waals surface area contributed by atoms with E-state index in [9.17, 15) is 9.59 Å². The van der Waals surface area contributed by atoms with Crippen molar-refractivity contribution in [2.75, 3.05) is 27.7 Å². The molecule has 0 fully saturated rings. The molecule has 0 aliphatic heterocycles. The van der Waals surface area contributed by atoms with Gasteiger partial charge in [-0.15, -0.1) is 0 Å². The average molecular weight is 471 g/mol. The van der Waals surface area contributed by atoms with Crippen LogP contribution in [0.25, 0.3) is 0 Å². The van der Waals surface area contributed by atoms with E-state index < -0.39 is 12.1 Å². The van der Waals surface area contributed by atoms with Crippen molar-refractivity contribution in [1.29, 1.82) is 0 Å². The molecule has 0 saturated heterocycles. The quantitative estimate of drug-likeness (QED) is 0.0962. The van der Waals surface area contributed by atoms with Gasteiger partial charge in [0.05, 0.1) is 27.6 Å². The maximum atomic E-state index is 12.1. The summed E-state index contributed by atoms with van der Waals surface area (Å²) in [6.07, 6.45) is 20.6. The largest absolute Gasteiger partial charge is 0.481 e. The molecule has 196 valence electrons. The van der Waals surface area contributed by atoms with Crippen LogP contribution in [0.15, 0.2) is 0 Å². The fourth-order valence-corrected chi connectivity index (χ4v) is 4.43. The van der Waals surface area contributed by atoms with Crippen LogP contribution < -0.4 is 0 Å². The average Bonchev–Trinajstić information content (AvgIpc) is 2.70. The molecule has 0 saturated carbocycles. The van der Waals surface area contributed by atoms with Gasteiger partial charge in [0.15, 0.2) is 6.10 Å². The Bertz CT molecular complexity index is 487. The lowest BCUT2D eigenvalue weighted by molar-refractivity contribution is -0.873. The summed E-state index contributed by atoms with van der Waals surface area (Å²) in [5.74, 6) is -0.352. The van der Waals surface area contributed by atoms with Gasteiger partial charge in [-0.3, -0.25) is 9.59 Å². The summed E-state index contributed by atoms with van der Waals surface area (Å²) in [5, 5.41) is 9.05. The highest BCUT2D eigenvalue weighted by molar-refractivity contribution is 5.71. The number of quaternary nitrogens is 1. The molecule has 2 atom stereocenters. The van der Waals surface area contributed by atoms with Gasteiger partial charge in [-0.1, -0.05) is 110 Å². The maximum absolute atomic E-state index is 12.1. The molecule has 0 aromatic carbocycles. The molecule has 1 N–H and O–H groups in total. The maximum Gasteiger partial charge on any atom is 0.307 e. The van der Waals surface area contributed by atoms with E-state index in [1.54, 1.807) is 0 Å². The Kier molecular flexibility index (Phi) is 19.6. The van der Waals surface area contributed by atoms with Gasteiger partial charge in [0.1, 0.15) is 6.54 Å². The topological polar surface area (TPSA) is 63.6 Å². The molecule has 0 heterocycles. The minimum Gasteiger partial charge on any atom is -0.481 e. The zero-order valence-electron chi connectivity index (χ0n) is 22.7. The predicted molar refractivity (Wildman–Crippen MR) is 138 cm³/mol. The van der Waals surface area contributed by atoms with Gasteiger partial charge in [0, 0.05) is 6.42 Å².